The third-order valence-corrected chi connectivity index (χ3v) is 8.20. The van der Waals surface area contributed by atoms with Crippen LogP contribution in [0.25, 0.3) is 0 Å². The molecule has 2 saturated carbocycles. The summed E-state index contributed by atoms with van der Waals surface area (Å²) < 4.78 is 0. The predicted octanol–water partition coefficient (Wildman–Crippen LogP) is 9.00. The van der Waals surface area contributed by atoms with Crippen LogP contribution in [0.1, 0.15) is 107 Å². The second-order valence-electron chi connectivity index (χ2n) is 10.7. The molecule has 2 atom stereocenters. The molecule has 3 heteroatoms. The molecule has 190 valence electrons. The number of nitrogens with one attached hydrogen (secondary N) is 2. The molecule has 2 unspecified atom stereocenters. The Hall–Kier alpha value is -1.90. The average Bonchev–Trinajstić information content (AvgIpc) is 3.69. The minimum atomic E-state index is 0.316. The van der Waals surface area contributed by atoms with Gasteiger partial charge in [0, 0.05) is 22.9 Å². The van der Waals surface area contributed by atoms with Gasteiger partial charge in [0.15, 0.2) is 0 Å². The topological polar surface area (TPSA) is 48.2 Å². The summed E-state index contributed by atoms with van der Waals surface area (Å²) in [4.78, 5) is 5.22. The highest BCUT2D eigenvalue weighted by Crippen LogP contribution is 2.40. The quantitative estimate of drug-likeness (QED) is 0.178. The van der Waals surface area contributed by atoms with E-state index in [0.717, 1.165) is 41.1 Å². The standard InChI is InChI=1S/C31H51N3/c1-9-21(5)31(34-30(23(7)27-18-19-27)29(12-4)24(8)32)33-28(11-3)20-13-22(6)26-16-14-25(10-2)15-17-26/h11-13,20-22,25-27,32H,9-10,14-19H2,1-8H3,(H,33,34)/b20-13-,28-11+,29-12-,30-23-,32-24?. The van der Waals surface area contributed by atoms with Crippen molar-refractivity contribution in [3.8, 4) is 0 Å². The molecule has 0 radical (unpaired) electrons. The first-order valence-corrected chi connectivity index (χ1v) is 13.9. The summed E-state index contributed by atoms with van der Waals surface area (Å²) in [6.45, 7) is 17.4. The summed E-state index contributed by atoms with van der Waals surface area (Å²) in [5.41, 5.74) is 4.99. The van der Waals surface area contributed by atoms with E-state index in [1.54, 1.807) is 0 Å². The van der Waals surface area contributed by atoms with E-state index in [1.165, 1.54) is 50.5 Å². The number of allylic oxidation sites excluding steroid dienone is 6. The number of aliphatic imine (C=N–C) groups is 1. The van der Waals surface area contributed by atoms with E-state index in [-0.39, 0.29) is 0 Å². The lowest BCUT2D eigenvalue weighted by molar-refractivity contribution is 0.234. The van der Waals surface area contributed by atoms with Gasteiger partial charge in [0.25, 0.3) is 0 Å². The zero-order valence-electron chi connectivity index (χ0n) is 23.3. The van der Waals surface area contributed by atoms with Crippen molar-refractivity contribution in [3.63, 3.8) is 0 Å². The molecule has 34 heavy (non-hydrogen) atoms. The maximum Gasteiger partial charge on any atom is 0.109 e. The van der Waals surface area contributed by atoms with Crippen LogP contribution in [0.5, 0.6) is 0 Å². The van der Waals surface area contributed by atoms with Crippen molar-refractivity contribution < 1.29 is 0 Å². The molecule has 2 aliphatic carbocycles. The van der Waals surface area contributed by atoms with Crippen molar-refractivity contribution in [2.75, 3.05) is 0 Å². The summed E-state index contributed by atoms with van der Waals surface area (Å²) in [5, 5.41) is 12.0. The highest BCUT2D eigenvalue weighted by molar-refractivity contribution is 6.01. The maximum atomic E-state index is 8.33. The first-order chi connectivity index (χ1) is 16.2. The Balaban J connectivity index is 2.25. The van der Waals surface area contributed by atoms with Crippen LogP contribution in [0, 0.1) is 35.0 Å². The third-order valence-electron chi connectivity index (χ3n) is 8.20. The number of hydrogen-bond acceptors (Lipinski definition) is 2. The van der Waals surface area contributed by atoms with Crippen molar-refractivity contribution in [2.24, 2.45) is 34.6 Å². The van der Waals surface area contributed by atoms with Crippen molar-refractivity contribution in [3.05, 3.63) is 46.8 Å². The van der Waals surface area contributed by atoms with E-state index in [9.17, 15) is 0 Å². The van der Waals surface area contributed by atoms with Crippen LogP contribution in [0.15, 0.2) is 51.8 Å². The Morgan fingerprint density at radius 3 is 2.12 bits per heavy atom. The monoisotopic (exact) mass is 465 g/mol. The Morgan fingerprint density at radius 1 is 1.00 bits per heavy atom. The molecule has 0 amide bonds. The second-order valence-corrected chi connectivity index (χ2v) is 10.7. The van der Waals surface area contributed by atoms with Crippen LogP contribution in [-0.2, 0) is 0 Å². The zero-order chi connectivity index (χ0) is 25.3. The lowest BCUT2D eigenvalue weighted by Gasteiger charge is -2.30. The SMILES string of the molecule is C/C=C(\C=C/C(C)C1CCC(CC)CC1)NC(=NC(=C(/C)C1CC1)/C(=C\C)C(C)=N)C(C)CC. The minimum absolute atomic E-state index is 0.316. The Kier molecular flexibility index (Phi) is 11.5. The molecule has 0 aliphatic heterocycles. The third kappa shape index (κ3) is 8.10. The van der Waals surface area contributed by atoms with E-state index in [4.69, 9.17) is 10.4 Å². The van der Waals surface area contributed by atoms with Crippen LogP contribution in [0.2, 0.25) is 0 Å². The van der Waals surface area contributed by atoms with Crippen LogP contribution in [0.3, 0.4) is 0 Å². The lowest BCUT2D eigenvalue weighted by Crippen LogP contribution is -2.29. The molecule has 2 rings (SSSR count). The molecule has 0 heterocycles. The average molecular weight is 466 g/mol. The van der Waals surface area contributed by atoms with Crippen molar-refractivity contribution >= 4 is 11.5 Å². The minimum Gasteiger partial charge on any atom is -0.344 e. The Bertz CT molecular complexity index is 827. The fourth-order valence-electron chi connectivity index (χ4n) is 5.07. The van der Waals surface area contributed by atoms with Gasteiger partial charge in [0.2, 0.25) is 0 Å². The van der Waals surface area contributed by atoms with Gasteiger partial charge in [0.1, 0.15) is 5.84 Å². The van der Waals surface area contributed by atoms with E-state index in [2.05, 4.69) is 65.1 Å². The van der Waals surface area contributed by atoms with Crippen LogP contribution in [0.4, 0.5) is 0 Å². The van der Waals surface area contributed by atoms with Gasteiger partial charge in [0.05, 0.1) is 5.70 Å². The molecular formula is C31H51N3. The number of hydrogen-bond donors (Lipinski definition) is 2. The molecule has 0 saturated heterocycles. The van der Waals surface area contributed by atoms with Crippen LogP contribution < -0.4 is 5.32 Å². The van der Waals surface area contributed by atoms with Gasteiger partial charge >= 0.3 is 0 Å². The fourth-order valence-corrected chi connectivity index (χ4v) is 5.07. The van der Waals surface area contributed by atoms with Gasteiger partial charge < -0.3 is 10.7 Å². The summed E-state index contributed by atoms with van der Waals surface area (Å²) >= 11 is 0. The highest BCUT2D eigenvalue weighted by Gasteiger charge is 2.27. The number of rotatable bonds is 11. The van der Waals surface area contributed by atoms with Gasteiger partial charge in [-0.25, -0.2) is 4.99 Å². The lowest BCUT2D eigenvalue weighted by atomic mass is 9.75. The molecule has 0 aromatic heterocycles. The molecule has 3 nitrogen and oxygen atoms in total. The van der Waals surface area contributed by atoms with E-state index in [1.807, 2.05) is 19.9 Å². The summed E-state index contributed by atoms with van der Waals surface area (Å²) in [5.74, 6) is 4.30. The Morgan fingerprint density at radius 2 is 1.65 bits per heavy atom. The van der Waals surface area contributed by atoms with Gasteiger partial charge in [-0.2, -0.15) is 0 Å². The van der Waals surface area contributed by atoms with Crippen molar-refractivity contribution in [1.29, 1.82) is 5.41 Å². The molecule has 2 aliphatic rings. The fraction of sp³-hybridized carbons (Fsp3) is 0.677. The first-order valence-electron chi connectivity index (χ1n) is 13.9. The van der Waals surface area contributed by atoms with Crippen LogP contribution >= 0.6 is 0 Å². The van der Waals surface area contributed by atoms with Gasteiger partial charge in [-0.15, -0.1) is 0 Å². The highest BCUT2D eigenvalue weighted by atomic mass is 15.0. The number of amidine groups is 1. The molecule has 0 aromatic rings. The Labute approximate surface area is 210 Å². The second kappa shape index (κ2) is 13.9. The maximum absolute atomic E-state index is 8.33. The smallest absolute Gasteiger partial charge is 0.109 e. The van der Waals surface area contributed by atoms with Gasteiger partial charge in [-0.05, 0) is 95.1 Å². The van der Waals surface area contributed by atoms with E-state index < -0.39 is 0 Å². The molecule has 2 N–H and O–H groups in total. The normalized spacial score (nSPS) is 25.2. The van der Waals surface area contributed by atoms with E-state index in [0.29, 0.717) is 23.5 Å². The summed E-state index contributed by atoms with van der Waals surface area (Å²) in [7, 11) is 0. The van der Waals surface area contributed by atoms with E-state index >= 15 is 0 Å². The van der Waals surface area contributed by atoms with Crippen molar-refractivity contribution in [1.82, 2.24) is 5.32 Å². The molecule has 0 spiro atoms. The zero-order valence-corrected chi connectivity index (χ0v) is 23.3. The summed E-state index contributed by atoms with van der Waals surface area (Å²) in [6, 6.07) is 0. The largest absolute Gasteiger partial charge is 0.344 e. The van der Waals surface area contributed by atoms with Crippen LogP contribution in [-0.4, -0.2) is 11.5 Å². The molecular weight excluding hydrogens is 414 g/mol. The first kappa shape index (κ1) is 28.3. The molecule has 0 bridgehead atoms. The summed E-state index contributed by atoms with van der Waals surface area (Å²) in [6.07, 6.45) is 19.2. The van der Waals surface area contributed by atoms with Gasteiger partial charge in [-0.1, -0.05) is 65.2 Å². The molecule has 2 fully saturated rings. The predicted molar refractivity (Wildman–Crippen MR) is 150 cm³/mol. The van der Waals surface area contributed by atoms with Crippen molar-refractivity contribution in [2.45, 2.75) is 107 Å². The molecule has 0 aromatic carbocycles. The number of nitrogens with zero attached hydrogens (tertiary/aromatic N) is 1. The van der Waals surface area contributed by atoms with Gasteiger partial charge in [-0.3, -0.25) is 0 Å².